The second-order valence-electron chi connectivity index (χ2n) is 5.05. The molecule has 5 nitrogen and oxygen atoms in total. The smallest absolute Gasteiger partial charge is 0.155 e. The Bertz CT molecular complexity index is 808. The van der Waals surface area contributed by atoms with Crippen molar-refractivity contribution in [2.45, 2.75) is 13.8 Å². The fourth-order valence-electron chi connectivity index (χ4n) is 2.20. The first-order chi connectivity index (χ1) is 10.1. The minimum atomic E-state index is 0.162. The third-order valence-corrected chi connectivity index (χ3v) is 3.56. The molecule has 0 aliphatic rings. The molecule has 3 rings (SSSR count). The molecule has 0 aliphatic heterocycles. The molecule has 0 atom stereocenters. The van der Waals surface area contributed by atoms with Crippen molar-refractivity contribution < 1.29 is 5.11 Å². The van der Waals surface area contributed by atoms with E-state index in [-0.39, 0.29) is 5.75 Å². The number of hydrogen-bond donors (Lipinski definition) is 2. The third-order valence-electron chi connectivity index (χ3n) is 3.56. The van der Waals surface area contributed by atoms with Crippen LogP contribution in [0, 0.1) is 13.8 Å². The zero-order valence-electron chi connectivity index (χ0n) is 11.9. The van der Waals surface area contributed by atoms with Crippen LogP contribution in [0.3, 0.4) is 0 Å². The van der Waals surface area contributed by atoms with Crippen LogP contribution in [0.25, 0.3) is 16.9 Å². The fraction of sp³-hybridized carbons (Fsp3) is 0.125. The van der Waals surface area contributed by atoms with Crippen molar-refractivity contribution >= 4 is 5.82 Å². The van der Waals surface area contributed by atoms with Crippen molar-refractivity contribution in [2.75, 3.05) is 5.73 Å². The Morgan fingerprint density at radius 3 is 2.57 bits per heavy atom. The summed E-state index contributed by atoms with van der Waals surface area (Å²) in [4.78, 5) is 0. The zero-order valence-corrected chi connectivity index (χ0v) is 11.9. The number of aryl methyl sites for hydroxylation is 2. The van der Waals surface area contributed by atoms with E-state index in [0.717, 1.165) is 5.56 Å². The molecule has 0 spiro atoms. The van der Waals surface area contributed by atoms with Gasteiger partial charge in [0.05, 0.1) is 5.69 Å². The highest BCUT2D eigenvalue weighted by Gasteiger charge is 2.13. The van der Waals surface area contributed by atoms with Crippen LogP contribution in [0.2, 0.25) is 0 Å². The van der Waals surface area contributed by atoms with Gasteiger partial charge in [0.2, 0.25) is 0 Å². The standard InChI is InChI=1S/C16H16N4O/c1-10-6-7-12(8-11(10)2)15-16(17)20(19-18-15)13-4-3-5-14(21)9-13/h3-9,21H,17H2,1-2H3. The van der Waals surface area contributed by atoms with Crippen LogP contribution in [0.5, 0.6) is 5.75 Å². The van der Waals surface area contributed by atoms with Gasteiger partial charge in [0.15, 0.2) is 5.82 Å². The van der Waals surface area contributed by atoms with E-state index in [1.807, 2.05) is 24.3 Å². The van der Waals surface area contributed by atoms with E-state index in [9.17, 15) is 5.11 Å². The van der Waals surface area contributed by atoms with E-state index < -0.39 is 0 Å². The molecule has 3 aromatic rings. The summed E-state index contributed by atoms with van der Waals surface area (Å²) in [5, 5.41) is 17.8. The Balaban J connectivity index is 2.09. The maximum Gasteiger partial charge on any atom is 0.155 e. The lowest BCUT2D eigenvalue weighted by atomic mass is 10.0. The second kappa shape index (κ2) is 4.94. The van der Waals surface area contributed by atoms with Crippen LogP contribution in [0.4, 0.5) is 5.82 Å². The van der Waals surface area contributed by atoms with Gasteiger partial charge in [0.1, 0.15) is 11.4 Å². The van der Waals surface area contributed by atoms with Crippen molar-refractivity contribution in [3.8, 4) is 22.7 Å². The molecule has 0 bridgehead atoms. The maximum atomic E-state index is 9.55. The summed E-state index contributed by atoms with van der Waals surface area (Å²) < 4.78 is 1.52. The molecule has 3 N–H and O–H groups in total. The quantitative estimate of drug-likeness (QED) is 0.756. The Morgan fingerprint density at radius 2 is 1.86 bits per heavy atom. The van der Waals surface area contributed by atoms with E-state index in [1.165, 1.54) is 15.8 Å². The largest absolute Gasteiger partial charge is 0.508 e. The lowest BCUT2D eigenvalue weighted by molar-refractivity contribution is 0.475. The number of aromatic nitrogens is 3. The van der Waals surface area contributed by atoms with E-state index in [1.54, 1.807) is 18.2 Å². The number of phenolic OH excluding ortho intramolecular Hbond substituents is 1. The van der Waals surface area contributed by atoms with Gasteiger partial charge in [0.25, 0.3) is 0 Å². The topological polar surface area (TPSA) is 77.0 Å². The minimum absolute atomic E-state index is 0.162. The van der Waals surface area contributed by atoms with Crippen LogP contribution in [-0.4, -0.2) is 20.1 Å². The molecule has 0 amide bonds. The van der Waals surface area contributed by atoms with Gasteiger partial charge in [-0.15, -0.1) is 5.10 Å². The van der Waals surface area contributed by atoms with Gasteiger partial charge in [-0.3, -0.25) is 0 Å². The summed E-state index contributed by atoms with van der Waals surface area (Å²) in [5.74, 6) is 0.610. The minimum Gasteiger partial charge on any atom is -0.508 e. The number of phenols is 1. The molecule has 0 unspecified atom stereocenters. The zero-order chi connectivity index (χ0) is 15.0. The highest BCUT2D eigenvalue weighted by atomic mass is 16.3. The number of rotatable bonds is 2. The Hall–Kier alpha value is -2.82. The summed E-state index contributed by atoms with van der Waals surface area (Å²) in [6, 6.07) is 12.8. The van der Waals surface area contributed by atoms with Gasteiger partial charge in [-0.2, -0.15) is 4.68 Å². The summed E-state index contributed by atoms with van der Waals surface area (Å²) >= 11 is 0. The van der Waals surface area contributed by atoms with Crippen LogP contribution in [0.1, 0.15) is 11.1 Å². The fourth-order valence-corrected chi connectivity index (χ4v) is 2.20. The maximum absolute atomic E-state index is 9.55. The van der Waals surface area contributed by atoms with Gasteiger partial charge in [-0.1, -0.05) is 23.4 Å². The normalized spacial score (nSPS) is 10.8. The van der Waals surface area contributed by atoms with Gasteiger partial charge < -0.3 is 10.8 Å². The van der Waals surface area contributed by atoms with Crippen molar-refractivity contribution in [3.05, 3.63) is 53.6 Å². The molecule has 1 aromatic heterocycles. The van der Waals surface area contributed by atoms with Crippen molar-refractivity contribution in [3.63, 3.8) is 0 Å². The number of aromatic hydroxyl groups is 1. The van der Waals surface area contributed by atoms with Crippen molar-refractivity contribution in [1.82, 2.24) is 15.0 Å². The molecule has 1 heterocycles. The van der Waals surface area contributed by atoms with Crippen LogP contribution >= 0.6 is 0 Å². The van der Waals surface area contributed by atoms with Gasteiger partial charge >= 0.3 is 0 Å². The molecule has 0 saturated heterocycles. The molecule has 0 fully saturated rings. The summed E-state index contributed by atoms with van der Waals surface area (Å²) in [6.07, 6.45) is 0. The van der Waals surface area contributed by atoms with Crippen LogP contribution in [0.15, 0.2) is 42.5 Å². The molecule has 2 aromatic carbocycles. The average molecular weight is 280 g/mol. The first-order valence-electron chi connectivity index (χ1n) is 6.64. The van der Waals surface area contributed by atoms with E-state index >= 15 is 0 Å². The molecule has 0 saturated carbocycles. The molecule has 106 valence electrons. The van der Waals surface area contributed by atoms with E-state index in [0.29, 0.717) is 17.2 Å². The summed E-state index contributed by atoms with van der Waals surface area (Å²) in [6.45, 7) is 4.11. The van der Waals surface area contributed by atoms with Crippen LogP contribution in [-0.2, 0) is 0 Å². The molecular weight excluding hydrogens is 264 g/mol. The number of nitrogens with zero attached hydrogens (tertiary/aromatic N) is 3. The van der Waals surface area contributed by atoms with Gasteiger partial charge in [0, 0.05) is 11.6 Å². The molecular formula is C16H16N4O. The Labute approximate surface area is 122 Å². The second-order valence-corrected chi connectivity index (χ2v) is 5.05. The first-order valence-corrected chi connectivity index (χ1v) is 6.64. The highest BCUT2D eigenvalue weighted by molar-refractivity contribution is 5.71. The molecule has 0 radical (unpaired) electrons. The highest BCUT2D eigenvalue weighted by Crippen LogP contribution is 2.27. The lowest BCUT2D eigenvalue weighted by Crippen LogP contribution is -2.02. The number of anilines is 1. The Morgan fingerprint density at radius 1 is 1.05 bits per heavy atom. The average Bonchev–Trinajstić information content (AvgIpc) is 2.84. The Kier molecular flexibility index (Phi) is 3.10. The van der Waals surface area contributed by atoms with Gasteiger partial charge in [-0.25, -0.2) is 0 Å². The number of hydrogen-bond acceptors (Lipinski definition) is 4. The third kappa shape index (κ3) is 2.33. The van der Waals surface area contributed by atoms with Gasteiger partial charge in [-0.05, 0) is 43.2 Å². The number of nitrogens with two attached hydrogens (primary N) is 1. The lowest BCUT2D eigenvalue weighted by Gasteiger charge is -2.05. The molecule has 0 aliphatic carbocycles. The van der Waals surface area contributed by atoms with Crippen molar-refractivity contribution in [1.29, 1.82) is 0 Å². The SMILES string of the molecule is Cc1ccc(-c2nnn(-c3cccc(O)c3)c2N)cc1C. The molecule has 5 heteroatoms. The molecule has 21 heavy (non-hydrogen) atoms. The summed E-state index contributed by atoms with van der Waals surface area (Å²) in [5.41, 5.74) is 10.8. The predicted molar refractivity (Wildman–Crippen MR) is 82.3 cm³/mol. The predicted octanol–water partition coefficient (Wildman–Crippen LogP) is 2.84. The summed E-state index contributed by atoms with van der Waals surface area (Å²) in [7, 11) is 0. The van der Waals surface area contributed by atoms with E-state index in [4.69, 9.17) is 5.73 Å². The number of nitrogen functional groups attached to an aromatic ring is 1. The van der Waals surface area contributed by atoms with Crippen LogP contribution < -0.4 is 5.73 Å². The monoisotopic (exact) mass is 280 g/mol. The van der Waals surface area contributed by atoms with E-state index in [2.05, 4.69) is 24.2 Å². The first kappa shape index (κ1) is 13.2. The van der Waals surface area contributed by atoms with Crippen molar-refractivity contribution in [2.24, 2.45) is 0 Å². The number of benzene rings is 2.